The minimum atomic E-state index is -0.475. The molecule has 128 valence electrons. The number of aromatic nitrogens is 4. The number of aryl methyl sites for hydroxylation is 1. The summed E-state index contributed by atoms with van der Waals surface area (Å²) in [5.74, 6) is -0.0441. The summed E-state index contributed by atoms with van der Waals surface area (Å²) >= 11 is 1.48. The molecule has 0 atom stereocenters. The normalized spacial score (nSPS) is 11.5. The minimum absolute atomic E-state index is 0.222. The average molecular weight is 364 g/mol. The molecule has 0 aliphatic heterocycles. The van der Waals surface area contributed by atoms with Gasteiger partial charge in [0, 0.05) is 17.8 Å². The van der Waals surface area contributed by atoms with Gasteiger partial charge in [0.1, 0.15) is 16.6 Å². The molecule has 0 unspecified atom stereocenters. The van der Waals surface area contributed by atoms with Crippen molar-refractivity contribution in [3.8, 4) is 5.69 Å². The summed E-state index contributed by atoms with van der Waals surface area (Å²) in [5, 5.41) is 2.89. The number of thiazole rings is 1. The van der Waals surface area contributed by atoms with Crippen molar-refractivity contribution >= 4 is 34.4 Å². The van der Waals surface area contributed by atoms with Gasteiger partial charge < -0.3 is 0 Å². The van der Waals surface area contributed by atoms with Gasteiger partial charge in [-0.1, -0.05) is 0 Å². The van der Waals surface area contributed by atoms with Crippen molar-refractivity contribution in [2.45, 2.75) is 6.92 Å². The molecule has 0 saturated heterocycles. The van der Waals surface area contributed by atoms with E-state index in [1.807, 2.05) is 12.3 Å². The lowest BCUT2D eigenvalue weighted by Crippen LogP contribution is -2.23. The van der Waals surface area contributed by atoms with Gasteiger partial charge in [0.2, 0.25) is 0 Å². The van der Waals surface area contributed by atoms with Crippen molar-refractivity contribution < 1.29 is 4.39 Å². The number of fused-ring (bicyclic) bond motifs is 1. The van der Waals surface area contributed by atoms with E-state index in [1.165, 1.54) is 34.1 Å². The van der Waals surface area contributed by atoms with Crippen LogP contribution in [0.15, 0.2) is 52.9 Å². The molecular weight excluding hydrogens is 351 g/mol. The number of rotatable bonds is 3. The highest BCUT2D eigenvalue weighted by Gasteiger charge is 2.14. The van der Waals surface area contributed by atoms with Crippen LogP contribution in [0.25, 0.3) is 28.7 Å². The minimum Gasteiger partial charge on any atom is -0.268 e. The molecule has 1 aromatic carbocycles. The Balaban J connectivity index is 2.02. The fourth-order valence-electron chi connectivity index (χ4n) is 2.69. The number of pyridine rings is 1. The quantitative estimate of drug-likeness (QED) is 0.554. The molecule has 3 aromatic heterocycles. The van der Waals surface area contributed by atoms with Crippen LogP contribution in [-0.4, -0.2) is 19.5 Å². The van der Waals surface area contributed by atoms with Crippen molar-refractivity contribution in [3.05, 3.63) is 80.8 Å². The summed E-state index contributed by atoms with van der Waals surface area (Å²) in [5.41, 5.74) is 1.38. The van der Waals surface area contributed by atoms with Crippen molar-refractivity contribution in [1.29, 1.82) is 0 Å². The topological polar surface area (TPSA) is 60.7 Å². The predicted octanol–water partition coefficient (Wildman–Crippen LogP) is 3.86. The van der Waals surface area contributed by atoms with Gasteiger partial charge in [0.05, 0.1) is 22.3 Å². The monoisotopic (exact) mass is 364 g/mol. The van der Waals surface area contributed by atoms with E-state index >= 15 is 0 Å². The largest absolute Gasteiger partial charge is 0.268 e. The highest BCUT2D eigenvalue weighted by atomic mass is 32.1. The Morgan fingerprint density at radius 3 is 2.81 bits per heavy atom. The van der Waals surface area contributed by atoms with Gasteiger partial charge in [-0.25, -0.2) is 14.4 Å². The van der Waals surface area contributed by atoms with E-state index in [4.69, 9.17) is 0 Å². The maximum atomic E-state index is 13.7. The number of hydrogen-bond donors (Lipinski definition) is 0. The zero-order chi connectivity index (χ0) is 18.1. The first-order chi connectivity index (χ1) is 12.6. The maximum absolute atomic E-state index is 13.7. The molecule has 7 heteroatoms. The average Bonchev–Trinajstić information content (AvgIpc) is 3.15. The first kappa shape index (κ1) is 16.3. The Labute approximate surface area is 152 Å². The highest BCUT2D eigenvalue weighted by molar-refractivity contribution is 7.10. The molecule has 4 rings (SSSR count). The maximum Gasteiger partial charge on any atom is 0.266 e. The number of nitrogens with zero attached hydrogens (tertiary/aromatic N) is 4. The lowest BCUT2D eigenvalue weighted by molar-refractivity contribution is 0.629. The summed E-state index contributed by atoms with van der Waals surface area (Å²) < 4.78 is 15.1. The lowest BCUT2D eigenvalue weighted by atomic mass is 10.2. The summed E-state index contributed by atoms with van der Waals surface area (Å²) in [4.78, 5) is 26.1. The van der Waals surface area contributed by atoms with Crippen LogP contribution in [0.1, 0.15) is 16.5 Å². The summed E-state index contributed by atoms with van der Waals surface area (Å²) in [6, 6.07) is 7.55. The third-order valence-electron chi connectivity index (χ3n) is 3.90. The SMILES string of the molecule is Cc1ncccc1-n1c(C=Cc2nccs2)nc2ccc(F)cc2c1=O. The Morgan fingerprint density at radius 1 is 1.15 bits per heavy atom. The second-order valence-electron chi connectivity index (χ2n) is 5.58. The van der Waals surface area contributed by atoms with Crippen LogP contribution in [0.2, 0.25) is 0 Å². The Kier molecular flexibility index (Phi) is 4.14. The molecule has 0 fully saturated rings. The lowest BCUT2D eigenvalue weighted by Gasteiger charge is -2.13. The van der Waals surface area contributed by atoms with Crippen molar-refractivity contribution in [1.82, 2.24) is 19.5 Å². The molecule has 0 saturated carbocycles. The van der Waals surface area contributed by atoms with Crippen LogP contribution in [0.3, 0.4) is 0 Å². The first-order valence-corrected chi connectivity index (χ1v) is 8.73. The highest BCUT2D eigenvalue weighted by Crippen LogP contribution is 2.18. The smallest absolute Gasteiger partial charge is 0.266 e. The van der Waals surface area contributed by atoms with Gasteiger partial charge in [-0.2, -0.15) is 0 Å². The third-order valence-corrected chi connectivity index (χ3v) is 4.64. The molecule has 5 nitrogen and oxygen atoms in total. The molecule has 0 aliphatic rings. The second kappa shape index (κ2) is 6.61. The number of hydrogen-bond acceptors (Lipinski definition) is 5. The van der Waals surface area contributed by atoms with Gasteiger partial charge in [-0.15, -0.1) is 11.3 Å². The molecular formula is C19H13FN4OS. The Hall–Kier alpha value is -3.19. The second-order valence-corrected chi connectivity index (χ2v) is 6.51. The Bertz CT molecular complexity index is 1180. The van der Waals surface area contributed by atoms with Crippen LogP contribution < -0.4 is 5.56 Å². The number of halogens is 1. The molecule has 0 bridgehead atoms. The van der Waals surface area contributed by atoms with Crippen LogP contribution >= 0.6 is 11.3 Å². The number of benzene rings is 1. The predicted molar refractivity (Wildman–Crippen MR) is 101 cm³/mol. The Morgan fingerprint density at radius 2 is 2.04 bits per heavy atom. The van der Waals surface area contributed by atoms with Gasteiger partial charge in [0.25, 0.3) is 5.56 Å². The van der Waals surface area contributed by atoms with Gasteiger partial charge in [0.15, 0.2) is 0 Å². The van der Waals surface area contributed by atoms with Crippen molar-refractivity contribution in [3.63, 3.8) is 0 Å². The van der Waals surface area contributed by atoms with Gasteiger partial charge in [-0.3, -0.25) is 14.3 Å². The summed E-state index contributed by atoms with van der Waals surface area (Å²) in [6.45, 7) is 1.81. The fourth-order valence-corrected chi connectivity index (χ4v) is 3.22. The van der Waals surface area contributed by atoms with Gasteiger partial charge >= 0.3 is 0 Å². The van der Waals surface area contributed by atoms with E-state index < -0.39 is 5.82 Å². The van der Waals surface area contributed by atoms with E-state index in [9.17, 15) is 9.18 Å². The van der Waals surface area contributed by atoms with E-state index in [0.29, 0.717) is 22.7 Å². The van der Waals surface area contributed by atoms with Crippen LogP contribution in [-0.2, 0) is 0 Å². The molecule has 0 N–H and O–H groups in total. The first-order valence-electron chi connectivity index (χ1n) is 7.85. The van der Waals surface area contributed by atoms with E-state index in [-0.39, 0.29) is 10.9 Å². The molecule has 4 aromatic rings. The van der Waals surface area contributed by atoms with Crippen LogP contribution in [0.4, 0.5) is 4.39 Å². The van der Waals surface area contributed by atoms with E-state index in [0.717, 1.165) is 5.01 Å². The molecule has 3 heterocycles. The van der Waals surface area contributed by atoms with Gasteiger partial charge in [-0.05, 0) is 49.4 Å². The molecule has 26 heavy (non-hydrogen) atoms. The molecule has 0 amide bonds. The zero-order valence-electron chi connectivity index (χ0n) is 13.8. The molecule has 0 spiro atoms. The van der Waals surface area contributed by atoms with Crippen molar-refractivity contribution in [2.24, 2.45) is 0 Å². The fraction of sp³-hybridized carbons (Fsp3) is 0.0526. The van der Waals surface area contributed by atoms with Crippen LogP contribution in [0, 0.1) is 12.7 Å². The zero-order valence-corrected chi connectivity index (χ0v) is 14.6. The third kappa shape index (κ3) is 2.93. The van der Waals surface area contributed by atoms with E-state index in [2.05, 4.69) is 15.0 Å². The molecule has 0 radical (unpaired) electrons. The summed E-state index contributed by atoms with van der Waals surface area (Å²) in [6.07, 6.45) is 6.89. The van der Waals surface area contributed by atoms with Crippen molar-refractivity contribution in [2.75, 3.05) is 0 Å². The van der Waals surface area contributed by atoms with E-state index in [1.54, 1.807) is 36.7 Å². The summed E-state index contributed by atoms with van der Waals surface area (Å²) in [7, 11) is 0. The molecule has 0 aliphatic carbocycles. The van der Waals surface area contributed by atoms with Crippen LogP contribution in [0.5, 0.6) is 0 Å². The standard InChI is InChI=1S/C19H13FN4OS/c1-12-16(3-2-8-21-12)24-17(6-7-18-22-9-10-26-18)23-15-5-4-13(20)11-14(15)19(24)25/h2-11H,1H3.